The summed E-state index contributed by atoms with van der Waals surface area (Å²) in [5.74, 6) is 0.564. The van der Waals surface area contributed by atoms with Crippen LogP contribution in [-0.4, -0.2) is 17.5 Å². The number of amides is 1. The molecule has 100 valence electrons. The van der Waals surface area contributed by atoms with Gasteiger partial charge in [0.05, 0.1) is 6.54 Å². The number of ether oxygens (including phenoxy) is 1. The highest BCUT2D eigenvalue weighted by Crippen LogP contribution is 2.12. The Hall–Kier alpha value is -1.88. The maximum Gasteiger partial charge on any atom is 0.258 e. The molecule has 0 saturated carbocycles. The topological polar surface area (TPSA) is 51.2 Å². The van der Waals surface area contributed by atoms with Gasteiger partial charge in [0.2, 0.25) is 0 Å². The van der Waals surface area contributed by atoms with Gasteiger partial charge in [-0.05, 0) is 31.5 Å². The zero-order valence-corrected chi connectivity index (χ0v) is 11.8. The van der Waals surface area contributed by atoms with Gasteiger partial charge in [-0.15, -0.1) is 11.3 Å². The second-order valence-electron chi connectivity index (χ2n) is 4.26. The van der Waals surface area contributed by atoms with E-state index in [1.165, 1.54) is 0 Å². The molecule has 4 nitrogen and oxygen atoms in total. The Kier molecular flexibility index (Phi) is 4.52. The molecule has 0 fully saturated rings. The van der Waals surface area contributed by atoms with Crippen LogP contribution in [0.25, 0.3) is 0 Å². The first-order valence-corrected chi connectivity index (χ1v) is 6.88. The molecule has 1 heterocycles. The highest BCUT2D eigenvalue weighted by atomic mass is 32.1. The first-order valence-electron chi connectivity index (χ1n) is 6.00. The predicted molar refractivity (Wildman–Crippen MR) is 75.4 cm³/mol. The Morgan fingerprint density at radius 3 is 2.95 bits per heavy atom. The molecule has 0 saturated heterocycles. The molecule has 0 unspecified atom stereocenters. The number of nitrogens with one attached hydrogen (secondary N) is 1. The first kappa shape index (κ1) is 13.5. The average molecular weight is 276 g/mol. The van der Waals surface area contributed by atoms with Gasteiger partial charge in [-0.3, -0.25) is 4.79 Å². The minimum Gasteiger partial charge on any atom is -0.484 e. The molecule has 2 aromatic rings. The molecular formula is C14H16N2O2S. The van der Waals surface area contributed by atoms with E-state index in [2.05, 4.69) is 10.3 Å². The quantitative estimate of drug-likeness (QED) is 0.912. The van der Waals surface area contributed by atoms with Crippen LogP contribution in [0, 0.1) is 13.8 Å². The molecule has 5 heteroatoms. The normalized spacial score (nSPS) is 10.2. The molecule has 1 aromatic heterocycles. The monoisotopic (exact) mass is 276 g/mol. The van der Waals surface area contributed by atoms with Crippen molar-refractivity contribution in [3.8, 4) is 5.75 Å². The largest absolute Gasteiger partial charge is 0.484 e. The lowest BCUT2D eigenvalue weighted by Gasteiger charge is -2.07. The lowest BCUT2D eigenvalue weighted by atomic mass is 10.2. The number of rotatable bonds is 5. The van der Waals surface area contributed by atoms with E-state index in [-0.39, 0.29) is 12.5 Å². The van der Waals surface area contributed by atoms with Crippen LogP contribution >= 0.6 is 11.3 Å². The molecule has 0 atom stereocenters. The van der Waals surface area contributed by atoms with Gasteiger partial charge >= 0.3 is 0 Å². The van der Waals surface area contributed by atoms with E-state index >= 15 is 0 Å². The van der Waals surface area contributed by atoms with Crippen LogP contribution in [0.5, 0.6) is 5.75 Å². The van der Waals surface area contributed by atoms with E-state index in [0.29, 0.717) is 12.3 Å². The van der Waals surface area contributed by atoms with Crippen LogP contribution in [-0.2, 0) is 11.3 Å². The van der Waals surface area contributed by atoms with Gasteiger partial charge in [0.25, 0.3) is 5.91 Å². The number of aryl methyl sites for hydroxylation is 2. The summed E-state index contributed by atoms with van der Waals surface area (Å²) in [6.07, 6.45) is 0. The zero-order valence-electron chi connectivity index (χ0n) is 11.0. The van der Waals surface area contributed by atoms with Crippen LogP contribution in [0.15, 0.2) is 29.6 Å². The molecule has 0 radical (unpaired) electrons. The maximum atomic E-state index is 11.6. The Morgan fingerprint density at radius 1 is 1.42 bits per heavy atom. The van der Waals surface area contributed by atoms with Crippen molar-refractivity contribution in [1.29, 1.82) is 0 Å². The summed E-state index contributed by atoms with van der Waals surface area (Å²) in [6.45, 7) is 4.39. The smallest absolute Gasteiger partial charge is 0.258 e. The van der Waals surface area contributed by atoms with Crippen LogP contribution in [0.1, 0.15) is 16.3 Å². The van der Waals surface area contributed by atoms with Crippen LogP contribution in [0.2, 0.25) is 0 Å². The highest BCUT2D eigenvalue weighted by molar-refractivity contribution is 7.09. The van der Waals surface area contributed by atoms with Crippen molar-refractivity contribution >= 4 is 17.2 Å². The van der Waals surface area contributed by atoms with Gasteiger partial charge in [-0.25, -0.2) is 4.98 Å². The Balaban J connectivity index is 1.75. The Bertz CT molecular complexity index is 566. The lowest BCUT2D eigenvalue weighted by Crippen LogP contribution is -2.28. The molecule has 0 aliphatic carbocycles. The molecule has 0 aliphatic rings. The van der Waals surface area contributed by atoms with Crippen LogP contribution in [0.4, 0.5) is 0 Å². The zero-order chi connectivity index (χ0) is 13.7. The van der Waals surface area contributed by atoms with Gasteiger partial charge < -0.3 is 10.1 Å². The second kappa shape index (κ2) is 6.33. The van der Waals surface area contributed by atoms with E-state index in [1.807, 2.05) is 43.5 Å². The molecule has 0 aliphatic heterocycles. The number of hydrogen-bond donors (Lipinski definition) is 1. The Morgan fingerprint density at radius 2 is 2.26 bits per heavy atom. The summed E-state index contributed by atoms with van der Waals surface area (Å²) in [6, 6.07) is 7.63. The van der Waals surface area contributed by atoms with Crippen LogP contribution < -0.4 is 10.1 Å². The van der Waals surface area contributed by atoms with E-state index in [9.17, 15) is 4.79 Å². The molecule has 1 N–H and O–H groups in total. The predicted octanol–water partition coefficient (Wildman–Crippen LogP) is 2.46. The summed E-state index contributed by atoms with van der Waals surface area (Å²) in [4.78, 5) is 15.9. The maximum absolute atomic E-state index is 11.6. The third-order valence-corrected chi connectivity index (χ3v) is 3.43. The van der Waals surface area contributed by atoms with Crippen molar-refractivity contribution < 1.29 is 9.53 Å². The molecule has 1 amide bonds. The minimum absolute atomic E-state index is 0.0216. The third kappa shape index (κ3) is 4.37. The number of aromatic nitrogens is 1. The van der Waals surface area contributed by atoms with Gasteiger partial charge in [0.1, 0.15) is 10.8 Å². The number of benzene rings is 1. The van der Waals surface area contributed by atoms with Crippen molar-refractivity contribution in [2.75, 3.05) is 6.61 Å². The van der Waals surface area contributed by atoms with Gasteiger partial charge in [0.15, 0.2) is 6.61 Å². The van der Waals surface area contributed by atoms with Crippen molar-refractivity contribution in [2.45, 2.75) is 20.4 Å². The first-order chi connectivity index (χ1) is 9.13. The van der Waals surface area contributed by atoms with E-state index in [0.717, 1.165) is 16.3 Å². The number of carbonyl (C=O) groups excluding carboxylic acids is 1. The number of carbonyl (C=O) groups is 1. The van der Waals surface area contributed by atoms with Crippen molar-refractivity contribution in [1.82, 2.24) is 10.3 Å². The Labute approximate surface area is 116 Å². The van der Waals surface area contributed by atoms with E-state index in [1.54, 1.807) is 11.3 Å². The molecule has 19 heavy (non-hydrogen) atoms. The summed E-state index contributed by atoms with van der Waals surface area (Å²) in [7, 11) is 0. The fraction of sp³-hybridized carbons (Fsp3) is 0.286. The van der Waals surface area contributed by atoms with Gasteiger partial charge in [0, 0.05) is 11.1 Å². The number of nitrogens with zero attached hydrogens (tertiary/aromatic N) is 1. The van der Waals surface area contributed by atoms with Gasteiger partial charge in [-0.2, -0.15) is 0 Å². The van der Waals surface area contributed by atoms with Crippen LogP contribution in [0.3, 0.4) is 0 Å². The van der Waals surface area contributed by atoms with Crippen molar-refractivity contribution in [3.63, 3.8) is 0 Å². The third-order valence-electron chi connectivity index (χ3n) is 2.46. The highest BCUT2D eigenvalue weighted by Gasteiger charge is 2.04. The molecule has 0 bridgehead atoms. The summed E-state index contributed by atoms with van der Waals surface area (Å²) in [5.41, 5.74) is 2.08. The van der Waals surface area contributed by atoms with Gasteiger partial charge in [-0.1, -0.05) is 12.1 Å². The van der Waals surface area contributed by atoms with E-state index < -0.39 is 0 Å². The SMILES string of the molecule is Cc1cccc(OCC(=O)NCc2nc(C)cs2)c1. The van der Waals surface area contributed by atoms with Crippen molar-refractivity contribution in [3.05, 3.63) is 45.9 Å². The van der Waals surface area contributed by atoms with E-state index in [4.69, 9.17) is 4.74 Å². The average Bonchev–Trinajstić information content (AvgIpc) is 2.80. The summed E-state index contributed by atoms with van der Waals surface area (Å²) in [5, 5.41) is 5.65. The molecule has 1 aromatic carbocycles. The number of thiazole rings is 1. The molecule has 2 rings (SSSR count). The fourth-order valence-electron chi connectivity index (χ4n) is 1.56. The standard InChI is InChI=1S/C14H16N2O2S/c1-10-4-3-5-12(6-10)18-8-13(17)15-7-14-16-11(2)9-19-14/h3-6,9H,7-8H2,1-2H3,(H,15,17). The second-order valence-corrected chi connectivity index (χ2v) is 5.21. The fourth-order valence-corrected chi connectivity index (χ4v) is 2.27. The lowest BCUT2D eigenvalue weighted by molar-refractivity contribution is -0.123. The summed E-state index contributed by atoms with van der Waals surface area (Å²) >= 11 is 1.54. The molecular weight excluding hydrogens is 260 g/mol. The number of hydrogen-bond acceptors (Lipinski definition) is 4. The van der Waals surface area contributed by atoms with Crippen molar-refractivity contribution in [2.24, 2.45) is 0 Å². The molecule has 0 spiro atoms. The summed E-state index contributed by atoms with van der Waals surface area (Å²) < 4.78 is 5.41. The minimum atomic E-state index is -0.144.